The first-order chi connectivity index (χ1) is 9.72. The zero-order chi connectivity index (χ0) is 15.7. The van der Waals surface area contributed by atoms with Gasteiger partial charge in [0, 0.05) is 5.75 Å². The molecule has 0 fully saturated rings. The summed E-state index contributed by atoms with van der Waals surface area (Å²) in [5.74, 6) is 0.677. The van der Waals surface area contributed by atoms with Gasteiger partial charge in [0.1, 0.15) is 0 Å². The summed E-state index contributed by atoms with van der Waals surface area (Å²) >= 11 is 1.25. The predicted octanol–water partition coefficient (Wildman–Crippen LogP) is 2.10. The van der Waals surface area contributed by atoms with Crippen molar-refractivity contribution in [2.24, 2.45) is 4.99 Å². The Hall–Kier alpha value is -1.46. The van der Waals surface area contributed by atoms with Crippen LogP contribution in [0.4, 0.5) is 18.9 Å². The third-order valence-electron chi connectivity index (χ3n) is 2.43. The molecule has 116 valence electrons. The number of amidine groups is 1. The van der Waals surface area contributed by atoms with Crippen molar-refractivity contribution >= 4 is 32.5 Å². The molecule has 0 aliphatic carbocycles. The minimum atomic E-state index is -5.43. The first-order valence-corrected chi connectivity index (χ1v) is 8.03. The lowest BCUT2D eigenvalue weighted by molar-refractivity contribution is -0.0435. The first-order valence-electron chi connectivity index (χ1n) is 5.56. The minimum Gasteiger partial charge on any atom is -0.273 e. The van der Waals surface area contributed by atoms with Gasteiger partial charge < -0.3 is 0 Å². The number of rotatable bonds is 3. The van der Waals surface area contributed by atoms with E-state index in [1.807, 2.05) is 0 Å². The quantitative estimate of drug-likeness (QED) is 0.820. The SMILES string of the molecule is O=S(=O)(c1cccc(NN(O)C2=NCCS2)c1)C(F)(F)F. The van der Waals surface area contributed by atoms with Crippen LogP contribution in [0.15, 0.2) is 34.2 Å². The molecule has 0 spiro atoms. The van der Waals surface area contributed by atoms with E-state index < -0.39 is 20.2 Å². The molecule has 0 atom stereocenters. The largest absolute Gasteiger partial charge is 0.501 e. The van der Waals surface area contributed by atoms with E-state index >= 15 is 0 Å². The summed E-state index contributed by atoms with van der Waals surface area (Å²) in [5, 5.41) is 10.4. The van der Waals surface area contributed by atoms with Gasteiger partial charge in [-0.25, -0.2) is 8.42 Å². The molecule has 0 bridgehead atoms. The highest BCUT2D eigenvalue weighted by Crippen LogP contribution is 2.31. The Bertz CT molecular complexity index is 661. The summed E-state index contributed by atoms with van der Waals surface area (Å²) in [4.78, 5) is 3.03. The number of thioether (sulfide) groups is 1. The fourth-order valence-electron chi connectivity index (χ4n) is 1.49. The maximum absolute atomic E-state index is 12.5. The monoisotopic (exact) mass is 341 g/mol. The highest BCUT2D eigenvalue weighted by Gasteiger charge is 2.46. The molecule has 21 heavy (non-hydrogen) atoms. The third-order valence-corrected chi connectivity index (χ3v) is 4.87. The average Bonchev–Trinajstić information content (AvgIpc) is 2.91. The molecule has 0 unspecified atom stereocenters. The topological polar surface area (TPSA) is 82.0 Å². The van der Waals surface area contributed by atoms with Crippen LogP contribution in [-0.2, 0) is 9.84 Å². The molecule has 11 heteroatoms. The molecule has 1 aliphatic rings. The lowest BCUT2D eigenvalue weighted by atomic mass is 10.3. The summed E-state index contributed by atoms with van der Waals surface area (Å²) in [6.45, 7) is 0.515. The maximum atomic E-state index is 12.5. The fraction of sp³-hybridized carbons (Fsp3) is 0.300. The van der Waals surface area contributed by atoms with Crippen molar-refractivity contribution in [1.82, 2.24) is 5.17 Å². The number of aliphatic imine (C=N–C) groups is 1. The number of sulfone groups is 1. The maximum Gasteiger partial charge on any atom is 0.501 e. The van der Waals surface area contributed by atoms with Crippen LogP contribution in [0.2, 0.25) is 0 Å². The van der Waals surface area contributed by atoms with Crippen LogP contribution >= 0.6 is 11.8 Å². The van der Waals surface area contributed by atoms with E-state index in [2.05, 4.69) is 10.4 Å². The van der Waals surface area contributed by atoms with Crippen LogP contribution in [0.3, 0.4) is 0 Å². The molecule has 1 aromatic rings. The Labute approximate surface area is 122 Å². The van der Waals surface area contributed by atoms with E-state index in [4.69, 9.17) is 0 Å². The number of benzene rings is 1. The van der Waals surface area contributed by atoms with Crippen molar-refractivity contribution in [1.29, 1.82) is 0 Å². The average molecular weight is 341 g/mol. The Morgan fingerprint density at radius 3 is 2.67 bits per heavy atom. The predicted molar refractivity (Wildman–Crippen MR) is 71.7 cm³/mol. The lowest BCUT2D eigenvalue weighted by Crippen LogP contribution is -2.30. The normalized spacial score (nSPS) is 15.7. The second kappa shape index (κ2) is 5.73. The Morgan fingerprint density at radius 1 is 1.38 bits per heavy atom. The van der Waals surface area contributed by atoms with E-state index in [1.54, 1.807) is 0 Å². The van der Waals surface area contributed by atoms with Crippen molar-refractivity contribution in [2.75, 3.05) is 17.7 Å². The summed E-state index contributed by atoms with van der Waals surface area (Å²) in [6, 6.07) is 4.07. The molecule has 0 saturated heterocycles. The molecule has 0 aromatic heterocycles. The van der Waals surface area contributed by atoms with E-state index in [-0.39, 0.29) is 10.9 Å². The zero-order valence-corrected chi connectivity index (χ0v) is 12.0. The van der Waals surface area contributed by atoms with Crippen molar-refractivity contribution < 1.29 is 26.8 Å². The highest BCUT2D eigenvalue weighted by molar-refractivity contribution is 8.14. The van der Waals surface area contributed by atoms with Crippen molar-refractivity contribution in [2.45, 2.75) is 10.4 Å². The number of halogens is 3. The zero-order valence-electron chi connectivity index (χ0n) is 10.3. The van der Waals surface area contributed by atoms with Gasteiger partial charge in [-0.15, -0.1) is 5.17 Å². The molecule has 1 aliphatic heterocycles. The van der Waals surface area contributed by atoms with Crippen LogP contribution in [0.5, 0.6) is 0 Å². The van der Waals surface area contributed by atoms with Gasteiger partial charge in [0.05, 0.1) is 17.1 Å². The van der Waals surface area contributed by atoms with Crippen molar-refractivity contribution in [3.63, 3.8) is 0 Å². The fourth-order valence-corrected chi connectivity index (χ4v) is 3.01. The molecule has 2 N–H and O–H groups in total. The number of anilines is 1. The van der Waals surface area contributed by atoms with Gasteiger partial charge in [-0.05, 0) is 18.2 Å². The van der Waals surface area contributed by atoms with Crippen LogP contribution < -0.4 is 5.43 Å². The summed E-state index contributed by atoms with van der Waals surface area (Å²) < 4.78 is 60.0. The van der Waals surface area contributed by atoms with E-state index in [0.29, 0.717) is 17.5 Å². The Balaban J connectivity index is 2.22. The smallest absolute Gasteiger partial charge is 0.273 e. The number of hydrogen-bond acceptors (Lipinski definition) is 7. The molecule has 0 saturated carbocycles. The van der Waals surface area contributed by atoms with Crippen LogP contribution in [0.25, 0.3) is 0 Å². The van der Waals surface area contributed by atoms with Gasteiger partial charge in [-0.1, -0.05) is 17.8 Å². The molecule has 0 radical (unpaired) electrons. The van der Waals surface area contributed by atoms with E-state index in [1.165, 1.54) is 17.8 Å². The second-order valence-electron chi connectivity index (χ2n) is 3.91. The van der Waals surface area contributed by atoms with Gasteiger partial charge in [0.15, 0.2) is 0 Å². The van der Waals surface area contributed by atoms with E-state index in [9.17, 15) is 26.8 Å². The molecule has 2 rings (SSSR count). The number of nitrogens with one attached hydrogen (secondary N) is 1. The van der Waals surface area contributed by atoms with E-state index in [0.717, 1.165) is 18.2 Å². The summed E-state index contributed by atoms with van der Waals surface area (Å²) in [6.07, 6.45) is 0. The van der Waals surface area contributed by atoms with Crippen molar-refractivity contribution in [3.8, 4) is 0 Å². The molecule has 1 aromatic carbocycles. The second-order valence-corrected chi connectivity index (χ2v) is 6.92. The summed E-state index contributed by atoms with van der Waals surface area (Å²) in [7, 11) is -5.43. The van der Waals surface area contributed by atoms with Gasteiger partial charge >= 0.3 is 5.51 Å². The van der Waals surface area contributed by atoms with Gasteiger partial charge in [0.25, 0.3) is 9.84 Å². The number of hydroxylamine groups is 1. The number of alkyl halides is 3. The standard InChI is InChI=1S/C10H10F3N3O3S2/c11-10(12,13)21(18,19)8-3-1-2-7(6-8)15-16(17)9-14-4-5-20-9/h1-3,6,15,17H,4-5H2. The van der Waals surface area contributed by atoms with Gasteiger partial charge in [0.2, 0.25) is 5.17 Å². The third kappa shape index (κ3) is 3.41. The molecule has 6 nitrogen and oxygen atoms in total. The van der Waals surface area contributed by atoms with Gasteiger partial charge in [-0.2, -0.15) is 13.2 Å². The molecule has 1 heterocycles. The van der Waals surface area contributed by atoms with Crippen LogP contribution in [0.1, 0.15) is 0 Å². The number of hydrazine groups is 1. The molecular weight excluding hydrogens is 331 g/mol. The van der Waals surface area contributed by atoms with Crippen molar-refractivity contribution in [3.05, 3.63) is 24.3 Å². The first kappa shape index (κ1) is 15.9. The van der Waals surface area contributed by atoms with Crippen LogP contribution in [-0.4, -0.2) is 41.8 Å². The molecular formula is C10H10F3N3O3S2. The number of nitrogens with zero attached hydrogens (tertiary/aromatic N) is 2. The highest BCUT2D eigenvalue weighted by atomic mass is 32.2. The molecule has 0 amide bonds. The Morgan fingerprint density at radius 2 is 2.10 bits per heavy atom. The number of hydrogen-bond donors (Lipinski definition) is 2. The van der Waals surface area contributed by atoms with Gasteiger partial charge in [-0.3, -0.25) is 15.6 Å². The van der Waals surface area contributed by atoms with Crippen LogP contribution in [0, 0.1) is 0 Å². The summed E-state index contributed by atoms with van der Waals surface area (Å²) in [5.41, 5.74) is -3.04. The lowest BCUT2D eigenvalue weighted by Gasteiger charge is -2.18. The Kier molecular flexibility index (Phi) is 4.35. The minimum absolute atomic E-state index is 0.0157.